The van der Waals surface area contributed by atoms with E-state index in [4.69, 9.17) is 5.73 Å². The van der Waals surface area contributed by atoms with Gasteiger partial charge in [-0.15, -0.1) is 0 Å². The molecule has 0 aromatic carbocycles. The molecule has 1 atom stereocenters. The van der Waals surface area contributed by atoms with E-state index >= 15 is 0 Å². The van der Waals surface area contributed by atoms with Crippen LogP contribution in [0.1, 0.15) is 39.5 Å². The van der Waals surface area contributed by atoms with Gasteiger partial charge in [0.2, 0.25) is 11.8 Å². The molecule has 1 rings (SSSR count). The molecule has 0 aliphatic heterocycles. The van der Waals surface area contributed by atoms with Gasteiger partial charge in [-0.1, -0.05) is 0 Å². The van der Waals surface area contributed by atoms with E-state index in [0.29, 0.717) is 6.04 Å². The van der Waals surface area contributed by atoms with E-state index in [1.807, 2.05) is 7.05 Å². The number of nitrogens with two attached hydrogens (primary N) is 1. The van der Waals surface area contributed by atoms with Gasteiger partial charge >= 0.3 is 0 Å². The van der Waals surface area contributed by atoms with Crippen molar-refractivity contribution in [1.29, 1.82) is 0 Å². The van der Waals surface area contributed by atoms with Crippen molar-refractivity contribution in [3.63, 3.8) is 0 Å². The molecule has 98 valence electrons. The molecule has 0 radical (unpaired) electrons. The van der Waals surface area contributed by atoms with Gasteiger partial charge < -0.3 is 16.0 Å². The molecule has 3 N–H and O–H groups in total. The van der Waals surface area contributed by atoms with E-state index in [9.17, 15) is 9.59 Å². The summed E-state index contributed by atoms with van der Waals surface area (Å²) in [5.74, 6) is 0.0152. The number of nitrogens with zero attached hydrogens (tertiary/aromatic N) is 1. The Balaban J connectivity index is 2.36. The van der Waals surface area contributed by atoms with Crippen LogP contribution in [0, 0.1) is 0 Å². The SMILES string of the molecule is CC(=O)N(C)C1CCC(NC(=O)[C@H](C)N)CC1. The molecule has 0 aromatic heterocycles. The van der Waals surface area contributed by atoms with Gasteiger partial charge in [-0.05, 0) is 32.6 Å². The zero-order valence-electron chi connectivity index (χ0n) is 10.9. The van der Waals surface area contributed by atoms with Crippen LogP contribution in [0.5, 0.6) is 0 Å². The van der Waals surface area contributed by atoms with Crippen LogP contribution in [0.15, 0.2) is 0 Å². The van der Waals surface area contributed by atoms with E-state index in [1.165, 1.54) is 0 Å². The summed E-state index contributed by atoms with van der Waals surface area (Å²) >= 11 is 0. The molecule has 17 heavy (non-hydrogen) atoms. The van der Waals surface area contributed by atoms with Crippen LogP contribution >= 0.6 is 0 Å². The highest BCUT2D eigenvalue weighted by Gasteiger charge is 2.26. The highest BCUT2D eigenvalue weighted by Crippen LogP contribution is 2.22. The Bertz CT molecular complexity index is 283. The third-order valence-corrected chi connectivity index (χ3v) is 3.50. The highest BCUT2D eigenvalue weighted by molar-refractivity contribution is 5.81. The Morgan fingerprint density at radius 1 is 1.29 bits per heavy atom. The van der Waals surface area contributed by atoms with Crippen molar-refractivity contribution < 1.29 is 9.59 Å². The van der Waals surface area contributed by atoms with E-state index in [1.54, 1.807) is 18.7 Å². The first-order chi connectivity index (χ1) is 7.91. The second-order valence-electron chi connectivity index (χ2n) is 4.93. The van der Waals surface area contributed by atoms with Crippen molar-refractivity contribution >= 4 is 11.8 Å². The summed E-state index contributed by atoms with van der Waals surface area (Å²) in [5.41, 5.74) is 5.50. The quantitative estimate of drug-likeness (QED) is 0.743. The largest absolute Gasteiger partial charge is 0.352 e. The van der Waals surface area contributed by atoms with Crippen LogP contribution in [-0.2, 0) is 9.59 Å². The summed E-state index contributed by atoms with van der Waals surface area (Å²) in [5, 5.41) is 2.94. The minimum Gasteiger partial charge on any atom is -0.352 e. The fraction of sp³-hybridized carbons (Fsp3) is 0.833. The lowest BCUT2D eigenvalue weighted by atomic mass is 9.90. The number of nitrogens with one attached hydrogen (secondary N) is 1. The van der Waals surface area contributed by atoms with Gasteiger partial charge in [0, 0.05) is 26.1 Å². The number of hydrogen-bond acceptors (Lipinski definition) is 3. The molecular weight excluding hydrogens is 218 g/mol. The van der Waals surface area contributed by atoms with E-state index in [2.05, 4.69) is 5.32 Å². The van der Waals surface area contributed by atoms with E-state index in [0.717, 1.165) is 25.7 Å². The minimum atomic E-state index is -0.451. The van der Waals surface area contributed by atoms with Gasteiger partial charge in [-0.25, -0.2) is 0 Å². The molecule has 0 saturated heterocycles. The first kappa shape index (κ1) is 14.0. The second-order valence-corrected chi connectivity index (χ2v) is 4.93. The van der Waals surface area contributed by atoms with Crippen molar-refractivity contribution in [1.82, 2.24) is 10.2 Å². The predicted octanol–water partition coefficient (Wildman–Crippen LogP) is 0.239. The van der Waals surface area contributed by atoms with Crippen LogP contribution in [0.4, 0.5) is 0 Å². The number of carbonyl (C=O) groups excluding carboxylic acids is 2. The van der Waals surface area contributed by atoms with Crippen LogP contribution in [0.3, 0.4) is 0 Å². The monoisotopic (exact) mass is 241 g/mol. The van der Waals surface area contributed by atoms with Gasteiger partial charge in [0.25, 0.3) is 0 Å². The summed E-state index contributed by atoms with van der Waals surface area (Å²) in [4.78, 5) is 24.5. The van der Waals surface area contributed by atoms with Gasteiger partial charge in [0.15, 0.2) is 0 Å². The van der Waals surface area contributed by atoms with Crippen molar-refractivity contribution in [2.45, 2.75) is 57.7 Å². The van der Waals surface area contributed by atoms with E-state index in [-0.39, 0.29) is 17.9 Å². The van der Waals surface area contributed by atoms with Gasteiger partial charge in [-0.2, -0.15) is 0 Å². The molecule has 1 saturated carbocycles. The van der Waals surface area contributed by atoms with Crippen molar-refractivity contribution in [3.8, 4) is 0 Å². The number of amides is 2. The summed E-state index contributed by atoms with van der Waals surface area (Å²) in [6.07, 6.45) is 3.72. The molecule has 0 heterocycles. The van der Waals surface area contributed by atoms with Crippen molar-refractivity contribution in [2.75, 3.05) is 7.05 Å². The fourth-order valence-electron chi connectivity index (χ4n) is 2.20. The smallest absolute Gasteiger partial charge is 0.236 e. The summed E-state index contributed by atoms with van der Waals surface area (Å²) < 4.78 is 0. The molecular formula is C12H23N3O2. The molecule has 5 heteroatoms. The average molecular weight is 241 g/mol. The van der Waals surface area contributed by atoms with Crippen LogP contribution in [0.25, 0.3) is 0 Å². The molecule has 0 unspecified atom stereocenters. The summed E-state index contributed by atoms with van der Waals surface area (Å²) in [6, 6.07) is 0.0775. The molecule has 2 amide bonds. The molecule has 1 aliphatic rings. The Hall–Kier alpha value is -1.10. The normalized spacial score (nSPS) is 26.1. The van der Waals surface area contributed by atoms with E-state index < -0.39 is 6.04 Å². The lowest BCUT2D eigenvalue weighted by Gasteiger charge is -2.34. The molecule has 0 aromatic rings. The zero-order chi connectivity index (χ0) is 13.0. The first-order valence-electron chi connectivity index (χ1n) is 6.21. The third kappa shape index (κ3) is 4.00. The van der Waals surface area contributed by atoms with Crippen molar-refractivity contribution in [2.24, 2.45) is 5.73 Å². The Labute approximate surface area is 103 Å². The minimum absolute atomic E-state index is 0.0895. The zero-order valence-corrected chi connectivity index (χ0v) is 10.9. The Morgan fingerprint density at radius 3 is 2.24 bits per heavy atom. The molecule has 5 nitrogen and oxygen atoms in total. The summed E-state index contributed by atoms with van der Waals surface area (Å²) in [6.45, 7) is 3.27. The van der Waals surface area contributed by atoms with Crippen molar-refractivity contribution in [3.05, 3.63) is 0 Å². The topological polar surface area (TPSA) is 75.4 Å². The maximum Gasteiger partial charge on any atom is 0.236 e. The number of rotatable bonds is 3. The number of hydrogen-bond donors (Lipinski definition) is 2. The Kier molecular flexibility index (Phi) is 4.93. The maximum absolute atomic E-state index is 11.4. The molecule has 0 spiro atoms. The number of carbonyl (C=O) groups is 2. The maximum atomic E-state index is 11.4. The molecule has 1 aliphatic carbocycles. The predicted molar refractivity (Wildman–Crippen MR) is 66.3 cm³/mol. The highest BCUT2D eigenvalue weighted by atomic mass is 16.2. The second kappa shape index (κ2) is 6.00. The van der Waals surface area contributed by atoms with Gasteiger partial charge in [0.1, 0.15) is 0 Å². The van der Waals surface area contributed by atoms with Crippen LogP contribution in [-0.4, -0.2) is 41.9 Å². The fourth-order valence-corrected chi connectivity index (χ4v) is 2.20. The first-order valence-corrected chi connectivity index (χ1v) is 6.21. The lowest BCUT2D eigenvalue weighted by Crippen LogP contribution is -2.47. The van der Waals surface area contributed by atoms with Gasteiger partial charge in [-0.3, -0.25) is 9.59 Å². The Morgan fingerprint density at radius 2 is 1.82 bits per heavy atom. The molecule has 1 fully saturated rings. The third-order valence-electron chi connectivity index (χ3n) is 3.50. The average Bonchev–Trinajstić information content (AvgIpc) is 2.28. The molecule has 0 bridgehead atoms. The summed E-state index contributed by atoms with van der Waals surface area (Å²) in [7, 11) is 1.84. The standard InChI is InChI=1S/C12H23N3O2/c1-8(13)12(17)14-10-4-6-11(7-5-10)15(3)9(2)16/h8,10-11H,4-7,13H2,1-3H3,(H,14,17)/t8-,10?,11?/m0/s1. The lowest BCUT2D eigenvalue weighted by molar-refractivity contribution is -0.130. The van der Waals surface area contributed by atoms with Gasteiger partial charge in [0.05, 0.1) is 6.04 Å². The van der Waals surface area contributed by atoms with Crippen LogP contribution < -0.4 is 11.1 Å². The van der Waals surface area contributed by atoms with Crippen LogP contribution in [0.2, 0.25) is 0 Å².